The number of hydrogen-bond acceptors (Lipinski definition) is 2. The molecule has 1 aliphatic heterocycles. The molecule has 0 aromatic carbocycles. The predicted molar refractivity (Wildman–Crippen MR) is 44.0 cm³/mol. The standard InChI is InChI=1S/C9H15NO/c1-9(4-5-9)8(10)7-3-2-6-11-7/h3,8H,2,4-6,10H2,1H3. The van der Waals surface area contributed by atoms with Crippen molar-refractivity contribution in [3.63, 3.8) is 0 Å². The van der Waals surface area contributed by atoms with Crippen LogP contribution in [0.3, 0.4) is 0 Å². The Hall–Kier alpha value is -0.500. The van der Waals surface area contributed by atoms with Gasteiger partial charge in [0, 0.05) is 6.42 Å². The SMILES string of the molecule is CC1(C(N)C2=CCCO2)CC1. The van der Waals surface area contributed by atoms with Gasteiger partial charge in [-0.15, -0.1) is 0 Å². The van der Waals surface area contributed by atoms with E-state index in [1.807, 2.05) is 0 Å². The van der Waals surface area contributed by atoms with Crippen LogP contribution < -0.4 is 5.73 Å². The van der Waals surface area contributed by atoms with Crippen molar-refractivity contribution in [2.24, 2.45) is 11.1 Å². The summed E-state index contributed by atoms with van der Waals surface area (Å²) in [6.07, 6.45) is 5.69. The third kappa shape index (κ3) is 1.16. The highest BCUT2D eigenvalue weighted by Gasteiger charge is 2.45. The summed E-state index contributed by atoms with van der Waals surface area (Å²) in [5, 5.41) is 0. The zero-order valence-electron chi connectivity index (χ0n) is 6.97. The summed E-state index contributed by atoms with van der Waals surface area (Å²) in [4.78, 5) is 0. The zero-order valence-corrected chi connectivity index (χ0v) is 6.97. The van der Waals surface area contributed by atoms with Gasteiger partial charge in [-0.3, -0.25) is 0 Å². The lowest BCUT2D eigenvalue weighted by Gasteiger charge is -2.19. The van der Waals surface area contributed by atoms with Crippen LogP contribution >= 0.6 is 0 Å². The molecule has 0 aromatic heterocycles. The second kappa shape index (κ2) is 2.24. The molecule has 2 nitrogen and oxygen atoms in total. The molecule has 2 rings (SSSR count). The molecular formula is C9H15NO. The topological polar surface area (TPSA) is 35.2 Å². The van der Waals surface area contributed by atoms with Crippen LogP contribution in [0, 0.1) is 5.41 Å². The molecule has 2 heteroatoms. The fourth-order valence-corrected chi connectivity index (χ4v) is 1.51. The summed E-state index contributed by atoms with van der Waals surface area (Å²) in [6, 6.07) is 0.157. The highest BCUT2D eigenvalue weighted by Crippen LogP contribution is 2.49. The maximum Gasteiger partial charge on any atom is 0.109 e. The Labute approximate surface area is 67.4 Å². The minimum Gasteiger partial charge on any atom is -0.496 e. The van der Waals surface area contributed by atoms with Crippen molar-refractivity contribution in [3.8, 4) is 0 Å². The largest absolute Gasteiger partial charge is 0.496 e. The van der Waals surface area contributed by atoms with Crippen molar-refractivity contribution in [1.82, 2.24) is 0 Å². The molecule has 1 heterocycles. The molecule has 2 N–H and O–H groups in total. The van der Waals surface area contributed by atoms with Crippen LogP contribution in [-0.4, -0.2) is 12.6 Å². The normalized spacial score (nSPS) is 29.1. The fraction of sp³-hybridized carbons (Fsp3) is 0.778. The van der Waals surface area contributed by atoms with Gasteiger partial charge in [0.25, 0.3) is 0 Å². The van der Waals surface area contributed by atoms with Crippen molar-refractivity contribution in [1.29, 1.82) is 0 Å². The van der Waals surface area contributed by atoms with Crippen LogP contribution in [0.2, 0.25) is 0 Å². The van der Waals surface area contributed by atoms with Crippen molar-refractivity contribution in [3.05, 3.63) is 11.8 Å². The number of ether oxygens (including phenoxy) is 1. The van der Waals surface area contributed by atoms with Crippen molar-refractivity contribution >= 4 is 0 Å². The van der Waals surface area contributed by atoms with E-state index < -0.39 is 0 Å². The summed E-state index contributed by atoms with van der Waals surface area (Å²) in [7, 11) is 0. The Morgan fingerprint density at radius 3 is 2.82 bits per heavy atom. The highest BCUT2D eigenvalue weighted by atomic mass is 16.5. The molecule has 1 saturated carbocycles. The molecule has 0 saturated heterocycles. The van der Waals surface area contributed by atoms with Gasteiger partial charge in [0.1, 0.15) is 5.76 Å². The van der Waals surface area contributed by atoms with Crippen molar-refractivity contribution in [2.45, 2.75) is 32.2 Å². The van der Waals surface area contributed by atoms with Crippen LogP contribution in [0.4, 0.5) is 0 Å². The second-order valence-electron chi connectivity index (χ2n) is 3.88. The number of hydrogen-bond donors (Lipinski definition) is 1. The molecule has 0 spiro atoms. The highest BCUT2D eigenvalue weighted by molar-refractivity contribution is 5.15. The van der Waals surface area contributed by atoms with Gasteiger partial charge in [-0.2, -0.15) is 0 Å². The van der Waals surface area contributed by atoms with Gasteiger partial charge in [-0.1, -0.05) is 6.92 Å². The fourth-order valence-electron chi connectivity index (χ4n) is 1.51. The van der Waals surface area contributed by atoms with Crippen molar-refractivity contribution in [2.75, 3.05) is 6.61 Å². The van der Waals surface area contributed by atoms with E-state index in [-0.39, 0.29) is 6.04 Å². The van der Waals surface area contributed by atoms with E-state index in [4.69, 9.17) is 10.5 Å². The Bertz CT molecular complexity index is 194. The first-order chi connectivity index (χ1) is 5.22. The molecule has 0 amide bonds. The minimum absolute atomic E-state index is 0.157. The first-order valence-electron chi connectivity index (χ1n) is 4.31. The quantitative estimate of drug-likeness (QED) is 0.651. The molecule has 1 unspecified atom stereocenters. The van der Waals surface area contributed by atoms with E-state index in [0.717, 1.165) is 18.8 Å². The van der Waals surface area contributed by atoms with Gasteiger partial charge in [-0.05, 0) is 24.3 Å². The van der Waals surface area contributed by atoms with E-state index in [1.54, 1.807) is 0 Å². The summed E-state index contributed by atoms with van der Waals surface area (Å²) in [5.41, 5.74) is 6.38. The smallest absolute Gasteiger partial charge is 0.109 e. The van der Waals surface area contributed by atoms with Crippen LogP contribution in [0.5, 0.6) is 0 Å². The zero-order chi connectivity index (χ0) is 7.90. The summed E-state index contributed by atoms with van der Waals surface area (Å²) >= 11 is 0. The molecule has 0 bridgehead atoms. The first kappa shape index (κ1) is 7.17. The van der Waals surface area contributed by atoms with Crippen LogP contribution in [0.15, 0.2) is 11.8 Å². The Balaban J connectivity index is 2.03. The van der Waals surface area contributed by atoms with Gasteiger partial charge < -0.3 is 10.5 Å². The second-order valence-corrected chi connectivity index (χ2v) is 3.88. The molecule has 0 radical (unpaired) electrons. The number of rotatable bonds is 2. The van der Waals surface area contributed by atoms with E-state index in [0.29, 0.717) is 5.41 Å². The minimum atomic E-state index is 0.157. The molecular weight excluding hydrogens is 138 g/mol. The number of nitrogens with two attached hydrogens (primary N) is 1. The monoisotopic (exact) mass is 153 g/mol. The summed E-state index contributed by atoms with van der Waals surface area (Å²) < 4.78 is 5.42. The lowest BCUT2D eigenvalue weighted by Crippen LogP contribution is -2.31. The lowest BCUT2D eigenvalue weighted by molar-refractivity contribution is 0.206. The molecule has 2 aliphatic rings. The van der Waals surface area contributed by atoms with Gasteiger partial charge in [0.2, 0.25) is 0 Å². The molecule has 11 heavy (non-hydrogen) atoms. The first-order valence-corrected chi connectivity index (χ1v) is 4.31. The van der Waals surface area contributed by atoms with Crippen LogP contribution in [0.1, 0.15) is 26.2 Å². The van der Waals surface area contributed by atoms with Gasteiger partial charge in [0.05, 0.1) is 12.6 Å². The van der Waals surface area contributed by atoms with E-state index in [2.05, 4.69) is 13.0 Å². The summed E-state index contributed by atoms with van der Waals surface area (Å²) in [6.45, 7) is 3.07. The predicted octanol–water partition coefficient (Wildman–Crippen LogP) is 1.42. The summed E-state index contributed by atoms with van der Waals surface area (Å²) in [5.74, 6) is 1.03. The van der Waals surface area contributed by atoms with E-state index >= 15 is 0 Å². The lowest BCUT2D eigenvalue weighted by atomic mass is 9.98. The van der Waals surface area contributed by atoms with Gasteiger partial charge in [0.15, 0.2) is 0 Å². The van der Waals surface area contributed by atoms with Gasteiger partial charge in [-0.25, -0.2) is 0 Å². The Morgan fingerprint density at radius 1 is 1.64 bits per heavy atom. The maximum absolute atomic E-state index is 6.03. The maximum atomic E-state index is 6.03. The molecule has 62 valence electrons. The van der Waals surface area contributed by atoms with Crippen molar-refractivity contribution < 1.29 is 4.74 Å². The molecule has 1 aliphatic carbocycles. The van der Waals surface area contributed by atoms with E-state index in [9.17, 15) is 0 Å². The third-order valence-electron chi connectivity index (χ3n) is 2.83. The molecule has 1 fully saturated rings. The molecule has 1 atom stereocenters. The average molecular weight is 153 g/mol. The third-order valence-corrected chi connectivity index (χ3v) is 2.83. The van der Waals surface area contributed by atoms with E-state index in [1.165, 1.54) is 12.8 Å². The Morgan fingerprint density at radius 2 is 2.36 bits per heavy atom. The molecule has 0 aromatic rings. The van der Waals surface area contributed by atoms with Crippen LogP contribution in [0.25, 0.3) is 0 Å². The van der Waals surface area contributed by atoms with Crippen LogP contribution in [-0.2, 0) is 4.74 Å². The Kier molecular flexibility index (Phi) is 1.46. The average Bonchev–Trinajstić information content (AvgIpc) is 2.54. The van der Waals surface area contributed by atoms with Gasteiger partial charge >= 0.3 is 0 Å².